The van der Waals surface area contributed by atoms with Crippen molar-refractivity contribution in [3.05, 3.63) is 72.9 Å². The van der Waals surface area contributed by atoms with Crippen molar-refractivity contribution in [2.45, 2.75) is 174 Å². The molecule has 0 aliphatic heterocycles. The molecular weight excluding hydrogens is 703 g/mol. The third kappa shape index (κ3) is 36.4. The predicted molar refractivity (Wildman–Crippen MR) is 233 cm³/mol. The number of likely N-dealkylation sites (N-methyl/N-ethyl adjacent to an activating group) is 1. The minimum atomic E-state index is -0.885. The molecule has 0 bridgehead atoms. The number of carbonyl (C=O) groups excluding carboxylic acids is 2. The van der Waals surface area contributed by atoms with Crippen molar-refractivity contribution in [2.75, 3.05) is 41.0 Å². The van der Waals surface area contributed by atoms with Crippen LogP contribution in [0, 0.1) is 0 Å². The zero-order chi connectivity index (χ0) is 41.4. The van der Waals surface area contributed by atoms with E-state index in [1.165, 1.54) is 51.4 Å². The number of hydrogen-bond acceptors (Lipinski definition) is 6. The highest BCUT2D eigenvalue weighted by Crippen LogP contribution is 2.14. The highest BCUT2D eigenvalue weighted by Gasteiger charge is 2.31. The van der Waals surface area contributed by atoms with E-state index < -0.39 is 18.1 Å². The van der Waals surface area contributed by atoms with Gasteiger partial charge in [-0.15, -0.1) is 0 Å². The third-order valence-corrected chi connectivity index (χ3v) is 9.35. The van der Waals surface area contributed by atoms with Crippen LogP contribution in [0.5, 0.6) is 0 Å². The molecule has 0 aromatic carbocycles. The van der Waals surface area contributed by atoms with Crippen LogP contribution in [0.4, 0.5) is 0 Å². The standard InChI is InChI=1S/C48H81NO7/c1-6-8-10-12-14-16-18-20-21-22-23-24-25-26-27-29-30-32-34-36-38-46(50)55-43-44(42-54-41-40-45(48(52)53)49(3,4)5)56-47(51)39-37-35-33-31-28-19-17-15-13-11-9-7-2/h8-11,14-17,20-21,28,31,44-45H,6-7,12-13,18-19,22-27,29-30,32-43H2,1-5H3/p+1/b10-8+,11-9+,16-14+,17-15+,21-20+,31-28+. The summed E-state index contributed by atoms with van der Waals surface area (Å²) >= 11 is 0. The lowest BCUT2D eigenvalue weighted by atomic mass is 10.1. The lowest BCUT2D eigenvalue weighted by Gasteiger charge is -2.31. The maximum absolute atomic E-state index is 12.7. The van der Waals surface area contributed by atoms with Gasteiger partial charge in [0.25, 0.3) is 0 Å². The number of carbonyl (C=O) groups is 3. The molecule has 0 rings (SSSR count). The zero-order valence-electron chi connectivity index (χ0n) is 36.3. The van der Waals surface area contributed by atoms with E-state index in [1.54, 1.807) is 0 Å². The summed E-state index contributed by atoms with van der Waals surface area (Å²) in [5.41, 5.74) is 0. The number of allylic oxidation sites excluding steroid dienone is 12. The van der Waals surface area contributed by atoms with Crippen LogP contribution in [0.1, 0.15) is 162 Å². The van der Waals surface area contributed by atoms with Gasteiger partial charge in [-0.25, -0.2) is 4.79 Å². The number of quaternary nitrogens is 1. The number of esters is 2. The Morgan fingerprint density at radius 1 is 0.536 bits per heavy atom. The van der Waals surface area contributed by atoms with Crippen LogP contribution in [0.15, 0.2) is 72.9 Å². The Bertz CT molecular complexity index is 1140. The van der Waals surface area contributed by atoms with E-state index in [0.29, 0.717) is 19.3 Å². The molecule has 0 aliphatic carbocycles. The SMILES string of the molecule is CC/C=C/C/C=C/C/C=C/CCCCCCCCCCCCC(=O)OCC(COCCC(C(=O)O)[N+](C)(C)C)OC(=O)CCCC/C=C/C/C=C/C/C=C/CC. The second-order valence-corrected chi connectivity index (χ2v) is 15.5. The fourth-order valence-electron chi connectivity index (χ4n) is 6.00. The second kappa shape index (κ2) is 38.6. The molecule has 0 aliphatic rings. The molecule has 8 heteroatoms. The molecule has 8 nitrogen and oxygen atoms in total. The number of aliphatic carboxylic acids is 1. The molecule has 0 fully saturated rings. The Morgan fingerprint density at radius 2 is 0.946 bits per heavy atom. The van der Waals surface area contributed by atoms with Crippen LogP contribution >= 0.6 is 0 Å². The number of rotatable bonds is 38. The van der Waals surface area contributed by atoms with Crippen molar-refractivity contribution in [3.8, 4) is 0 Å². The number of carboxylic acids is 1. The van der Waals surface area contributed by atoms with Crippen molar-refractivity contribution < 1.29 is 38.2 Å². The molecule has 0 aromatic rings. The number of carboxylic acid groups (broad SMARTS) is 1. The van der Waals surface area contributed by atoms with Crippen LogP contribution in [0.2, 0.25) is 0 Å². The van der Waals surface area contributed by atoms with E-state index in [9.17, 15) is 19.5 Å². The van der Waals surface area contributed by atoms with Crippen LogP contribution < -0.4 is 0 Å². The van der Waals surface area contributed by atoms with Crippen molar-refractivity contribution in [3.63, 3.8) is 0 Å². The topological polar surface area (TPSA) is 99.1 Å². The first-order valence-corrected chi connectivity index (χ1v) is 22.0. The fourth-order valence-corrected chi connectivity index (χ4v) is 6.00. The zero-order valence-corrected chi connectivity index (χ0v) is 36.3. The Kier molecular flexibility index (Phi) is 36.4. The van der Waals surface area contributed by atoms with Gasteiger partial charge in [-0.05, 0) is 77.0 Å². The van der Waals surface area contributed by atoms with Gasteiger partial charge in [-0.2, -0.15) is 0 Å². The monoisotopic (exact) mass is 785 g/mol. The Balaban J connectivity index is 4.33. The van der Waals surface area contributed by atoms with E-state index in [0.717, 1.165) is 70.6 Å². The average Bonchev–Trinajstić information content (AvgIpc) is 3.15. The molecule has 0 saturated carbocycles. The van der Waals surface area contributed by atoms with E-state index in [4.69, 9.17) is 14.2 Å². The van der Waals surface area contributed by atoms with Gasteiger partial charge in [0.1, 0.15) is 6.61 Å². The molecule has 0 heterocycles. The van der Waals surface area contributed by atoms with Crippen molar-refractivity contribution >= 4 is 17.9 Å². The minimum Gasteiger partial charge on any atom is -0.477 e. The second-order valence-electron chi connectivity index (χ2n) is 15.5. The largest absolute Gasteiger partial charge is 0.477 e. The van der Waals surface area contributed by atoms with Gasteiger partial charge in [0.05, 0.1) is 34.4 Å². The quantitative estimate of drug-likeness (QED) is 0.0288. The summed E-state index contributed by atoms with van der Waals surface area (Å²) in [5, 5.41) is 9.61. The average molecular weight is 785 g/mol. The smallest absolute Gasteiger partial charge is 0.362 e. The highest BCUT2D eigenvalue weighted by molar-refractivity contribution is 5.72. The lowest BCUT2D eigenvalue weighted by molar-refractivity contribution is -0.887. The van der Waals surface area contributed by atoms with Crippen molar-refractivity contribution in [2.24, 2.45) is 0 Å². The molecule has 320 valence electrons. The normalized spacial score (nSPS) is 13.7. The Labute approximate surface area is 342 Å². The maximum Gasteiger partial charge on any atom is 0.362 e. The van der Waals surface area contributed by atoms with E-state index >= 15 is 0 Å². The maximum atomic E-state index is 12.7. The van der Waals surface area contributed by atoms with E-state index in [1.807, 2.05) is 21.1 Å². The molecule has 0 aromatic heterocycles. The molecule has 1 N–H and O–H groups in total. The van der Waals surface area contributed by atoms with Crippen LogP contribution in [0.25, 0.3) is 0 Å². The summed E-state index contributed by atoms with van der Waals surface area (Å²) in [6.45, 7) is 4.45. The highest BCUT2D eigenvalue weighted by atomic mass is 16.6. The molecule has 2 atom stereocenters. The fraction of sp³-hybridized carbons (Fsp3) is 0.688. The summed E-state index contributed by atoms with van der Waals surface area (Å²) < 4.78 is 17.2. The first-order valence-electron chi connectivity index (χ1n) is 22.0. The van der Waals surface area contributed by atoms with Crippen LogP contribution in [-0.2, 0) is 28.6 Å². The molecule has 0 radical (unpaired) electrons. The molecule has 2 unspecified atom stereocenters. The van der Waals surface area contributed by atoms with E-state index in [-0.39, 0.29) is 42.7 Å². The first kappa shape index (κ1) is 52.8. The van der Waals surface area contributed by atoms with Gasteiger partial charge in [-0.1, -0.05) is 138 Å². The summed E-state index contributed by atoms with van der Waals surface area (Å²) in [4.78, 5) is 36.9. The molecule has 56 heavy (non-hydrogen) atoms. The summed E-state index contributed by atoms with van der Waals surface area (Å²) in [7, 11) is 5.50. The van der Waals surface area contributed by atoms with Crippen molar-refractivity contribution in [1.29, 1.82) is 0 Å². The van der Waals surface area contributed by atoms with Gasteiger partial charge in [-0.3, -0.25) is 9.59 Å². The third-order valence-electron chi connectivity index (χ3n) is 9.35. The van der Waals surface area contributed by atoms with Crippen LogP contribution in [-0.4, -0.2) is 80.6 Å². The molecule has 0 amide bonds. The van der Waals surface area contributed by atoms with Gasteiger partial charge in [0.2, 0.25) is 0 Å². The summed E-state index contributed by atoms with van der Waals surface area (Å²) in [6.07, 6.45) is 48.1. The van der Waals surface area contributed by atoms with Crippen molar-refractivity contribution in [1.82, 2.24) is 0 Å². The summed E-state index contributed by atoms with van der Waals surface area (Å²) in [5.74, 6) is -1.53. The van der Waals surface area contributed by atoms with Gasteiger partial charge in [0.15, 0.2) is 12.1 Å². The lowest BCUT2D eigenvalue weighted by Crippen LogP contribution is -2.50. The van der Waals surface area contributed by atoms with Gasteiger partial charge >= 0.3 is 17.9 Å². The van der Waals surface area contributed by atoms with E-state index in [2.05, 4.69) is 86.8 Å². The Hall–Kier alpha value is -3.23. The number of ether oxygens (including phenoxy) is 3. The number of hydrogen-bond donors (Lipinski definition) is 1. The van der Waals surface area contributed by atoms with Gasteiger partial charge in [0, 0.05) is 19.3 Å². The van der Waals surface area contributed by atoms with Crippen LogP contribution in [0.3, 0.4) is 0 Å². The number of unbranched alkanes of at least 4 members (excludes halogenated alkanes) is 12. The molecule has 0 saturated heterocycles. The van der Waals surface area contributed by atoms with Gasteiger partial charge < -0.3 is 23.8 Å². The molecule has 0 spiro atoms. The summed E-state index contributed by atoms with van der Waals surface area (Å²) in [6, 6.07) is -0.624. The Morgan fingerprint density at radius 3 is 1.43 bits per heavy atom. The first-order chi connectivity index (χ1) is 27.1. The minimum absolute atomic E-state index is 0.0412. The molecular formula is C48H82NO7+. The predicted octanol–water partition coefficient (Wildman–Crippen LogP) is 12.0. The number of nitrogens with zero attached hydrogens (tertiary/aromatic N) is 1.